The van der Waals surface area contributed by atoms with Crippen LogP contribution in [-0.2, 0) is 0 Å². The third-order valence-corrected chi connectivity index (χ3v) is 5.19. The second-order valence-electron chi connectivity index (χ2n) is 6.05. The summed E-state index contributed by atoms with van der Waals surface area (Å²) < 4.78 is 6.79. The molecular formula is C20H17IN4O2. The number of hydrogen-bond acceptors (Lipinski definition) is 4. The van der Waals surface area contributed by atoms with Gasteiger partial charge in [-0.25, -0.2) is 0 Å². The summed E-state index contributed by atoms with van der Waals surface area (Å²) in [5.74, 6) is 0.432. The maximum Gasteiger partial charge on any atom is 0.257 e. The van der Waals surface area contributed by atoms with Crippen molar-refractivity contribution in [1.29, 1.82) is 0 Å². The molecule has 2 N–H and O–H groups in total. The second-order valence-corrected chi connectivity index (χ2v) is 7.22. The van der Waals surface area contributed by atoms with E-state index in [1.54, 1.807) is 30.7 Å². The Morgan fingerprint density at radius 3 is 2.93 bits per heavy atom. The number of aromatic nitrogens is 3. The number of amides is 1. The van der Waals surface area contributed by atoms with E-state index in [9.17, 15) is 4.79 Å². The first kappa shape index (κ1) is 17.7. The van der Waals surface area contributed by atoms with E-state index in [0.29, 0.717) is 29.3 Å². The molecule has 0 fully saturated rings. The van der Waals surface area contributed by atoms with Gasteiger partial charge in [0, 0.05) is 28.9 Å². The Hall–Kier alpha value is -2.68. The van der Waals surface area contributed by atoms with Gasteiger partial charge in [0.05, 0.1) is 33.0 Å². The zero-order valence-electron chi connectivity index (χ0n) is 14.8. The molecule has 4 rings (SSSR count). The monoisotopic (exact) mass is 472 g/mol. The molecule has 0 aliphatic rings. The molecule has 0 aliphatic carbocycles. The summed E-state index contributed by atoms with van der Waals surface area (Å²) in [7, 11) is 0. The number of nitrogens with zero attached hydrogens (tertiary/aromatic N) is 2. The molecule has 0 radical (unpaired) electrons. The lowest BCUT2D eigenvalue weighted by atomic mass is 10.1. The quantitative estimate of drug-likeness (QED) is 0.423. The van der Waals surface area contributed by atoms with E-state index in [4.69, 9.17) is 4.74 Å². The van der Waals surface area contributed by atoms with E-state index < -0.39 is 0 Å². The van der Waals surface area contributed by atoms with Crippen LogP contribution in [0.15, 0.2) is 42.9 Å². The molecule has 0 atom stereocenters. The van der Waals surface area contributed by atoms with Crippen molar-refractivity contribution < 1.29 is 9.53 Å². The smallest absolute Gasteiger partial charge is 0.257 e. The summed E-state index contributed by atoms with van der Waals surface area (Å²) in [6.07, 6.45) is 5.21. The molecule has 27 heavy (non-hydrogen) atoms. The fourth-order valence-corrected chi connectivity index (χ4v) is 3.88. The second kappa shape index (κ2) is 7.15. The predicted molar refractivity (Wildman–Crippen MR) is 114 cm³/mol. The number of H-pyrrole nitrogens is 1. The molecule has 1 aromatic carbocycles. The molecule has 4 aromatic rings. The maximum absolute atomic E-state index is 12.9. The maximum atomic E-state index is 12.9. The Kier molecular flexibility index (Phi) is 4.69. The Morgan fingerprint density at radius 1 is 1.30 bits per heavy atom. The molecule has 6 nitrogen and oxygen atoms in total. The van der Waals surface area contributed by atoms with Crippen molar-refractivity contribution in [3.8, 4) is 5.75 Å². The van der Waals surface area contributed by atoms with Gasteiger partial charge in [0.15, 0.2) is 5.75 Å². The molecule has 0 unspecified atom stereocenters. The number of rotatable bonds is 4. The van der Waals surface area contributed by atoms with Crippen molar-refractivity contribution in [1.82, 2.24) is 15.0 Å². The highest BCUT2D eigenvalue weighted by Gasteiger charge is 2.20. The first-order valence-corrected chi connectivity index (χ1v) is 9.61. The number of pyridine rings is 2. The summed E-state index contributed by atoms with van der Waals surface area (Å²) in [6, 6.07) is 7.54. The van der Waals surface area contributed by atoms with E-state index in [1.165, 1.54) is 0 Å². The van der Waals surface area contributed by atoms with E-state index >= 15 is 0 Å². The Bertz CT molecular complexity index is 1170. The summed E-state index contributed by atoms with van der Waals surface area (Å²) >= 11 is 2.24. The lowest BCUT2D eigenvalue weighted by Gasteiger charge is -2.15. The fourth-order valence-electron chi connectivity index (χ4n) is 3.15. The third-order valence-electron chi connectivity index (χ3n) is 4.38. The van der Waals surface area contributed by atoms with Crippen molar-refractivity contribution in [3.63, 3.8) is 0 Å². The van der Waals surface area contributed by atoms with Crippen molar-refractivity contribution in [2.45, 2.75) is 13.8 Å². The molecule has 0 saturated heterocycles. The number of nitrogens with one attached hydrogen (secondary N) is 2. The van der Waals surface area contributed by atoms with Gasteiger partial charge in [-0.15, -0.1) is 0 Å². The van der Waals surface area contributed by atoms with Crippen LogP contribution in [0.2, 0.25) is 0 Å². The van der Waals surface area contributed by atoms with Crippen molar-refractivity contribution in [2.24, 2.45) is 0 Å². The summed E-state index contributed by atoms with van der Waals surface area (Å²) in [6.45, 7) is 4.24. The SMILES string of the molecule is CCOc1c(I)cc2c([nH]c3cnccc32)c1NC(=O)c1cccnc1C. The van der Waals surface area contributed by atoms with Crippen LogP contribution in [0.4, 0.5) is 5.69 Å². The minimum absolute atomic E-state index is 0.221. The van der Waals surface area contributed by atoms with Gasteiger partial charge in [0.2, 0.25) is 0 Å². The molecule has 3 aromatic heterocycles. The molecular weight excluding hydrogens is 455 g/mol. The van der Waals surface area contributed by atoms with Crippen LogP contribution < -0.4 is 10.1 Å². The molecule has 0 spiro atoms. The van der Waals surface area contributed by atoms with Crippen LogP contribution >= 0.6 is 22.6 Å². The van der Waals surface area contributed by atoms with Crippen molar-refractivity contribution in [3.05, 3.63) is 57.7 Å². The molecule has 3 heterocycles. The minimum Gasteiger partial charge on any atom is -0.490 e. The average molecular weight is 472 g/mol. The van der Waals surface area contributed by atoms with Gasteiger partial charge in [-0.3, -0.25) is 14.8 Å². The highest BCUT2D eigenvalue weighted by molar-refractivity contribution is 14.1. The predicted octanol–water partition coefficient (Wildman–Crippen LogP) is 4.68. The topological polar surface area (TPSA) is 79.9 Å². The largest absolute Gasteiger partial charge is 0.490 e. The van der Waals surface area contributed by atoms with Gasteiger partial charge in [0.1, 0.15) is 5.69 Å². The van der Waals surface area contributed by atoms with Crippen LogP contribution in [0.1, 0.15) is 23.0 Å². The lowest BCUT2D eigenvalue weighted by molar-refractivity contribution is 0.102. The number of carbonyl (C=O) groups is 1. The van der Waals surface area contributed by atoms with Crippen LogP contribution in [0.3, 0.4) is 0 Å². The normalized spacial score (nSPS) is 11.1. The standard InChI is InChI=1S/C20H17IN4O2/c1-3-27-19-15(21)9-14-13-6-8-22-10-16(13)24-17(14)18(19)25-20(26)12-5-4-7-23-11(12)2/h4-10,24H,3H2,1-2H3,(H,25,26). The van der Waals surface area contributed by atoms with Crippen LogP contribution in [-0.4, -0.2) is 27.5 Å². The Morgan fingerprint density at radius 2 is 2.15 bits per heavy atom. The average Bonchev–Trinajstić information content (AvgIpc) is 3.03. The zero-order valence-corrected chi connectivity index (χ0v) is 17.0. The van der Waals surface area contributed by atoms with Crippen LogP contribution in [0.5, 0.6) is 5.75 Å². The highest BCUT2D eigenvalue weighted by Crippen LogP contribution is 2.40. The number of carbonyl (C=O) groups excluding carboxylic acids is 1. The van der Waals surface area contributed by atoms with E-state index in [2.05, 4.69) is 48.9 Å². The van der Waals surface area contributed by atoms with Gasteiger partial charge in [-0.1, -0.05) is 0 Å². The number of ether oxygens (including phenoxy) is 1. The van der Waals surface area contributed by atoms with Gasteiger partial charge < -0.3 is 15.0 Å². The molecule has 136 valence electrons. The number of anilines is 1. The first-order valence-electron chi connectivity index (χ1n) is 8.53. The van der Waals surface area contributed by atoms with Crippen molar-refractivity contribution in [2.75, 3.05) is 11.9 Å². The van der Waals surface area contributed by atoms with E-state index in [1.807, 2.05) is 19.9 Å². The van der Waals surface area contributed by atoms with E-state index in [-0.39, 0.29) is 5.91 Å². The number of benzene rings is 1. The van der Waals surface area contributed by atoms with E-state index in [0.717, 1.165) is 25.4 Å². The molecule has 0 saturated carbocycles. The lowest BCUT2D eigenvalue weighted by Crippen LogP contribution is -2.15. The number of fused-ring (bicyclic) bond motifs is 3. The number of halogens is 1. The molecule has 0 aliphatic heterocycles. The van der Waals surface area contributed by atoms with Gasteiger partial charge in [-0.2, -0.15) is 0 Å². The van der Waals surface area contributed by atoms with Crippen LogP contribution in [0.25, 0.3) is 21.8 Å². The summed E-state index contributed by atoms with van der Waals surface area (Å²) in [4.78, 5) is 24.7. The van der Waals surface area contributed by atoms with Crippen molar-refractivity contribution >= 4 is 56.0 Å². The molecule has 7 heteroatoms. The first-order chi connectivity index (χ1) is 13.1. The number of aryl methyl sites for hydroxylation is 1. The van der Waals surface area contributed by atoms with Gasteiger partial charge >= 0.3 is 0 Å². The number of aromatic amines is 1. The Balaban J connectivity index is 1.92. The minimum atomic E-state index is -0.221. The molecule has 0 bridgehead atoms. The van der Waals surface area contributed by atoms with Crippen LogP contribution in [0, 0.1) is 10.5 Å². The highest BCUT2D eigenvalue weighted by atomic mass is 127. The van der Waals surface area contributed by atoms with Gasteiger partial charge in [-0.05, 0) is 60.7 Å². The van der Waals surface area contributed by atoms with Gasteiger partial charge in [0.25, 0.3) is 5.91 Å². The third kappa shape index (κ3) is 3.12. The zero-order chi connectivity index (χ0) is 19.0. The molecule has 1 amide bonds. The summed E-state index contributed by atoms with van der Waals surface area (Å²) in [5.41, 5.74) is 3.56. The fraction of sp³-hybridized carbons (Fsp3) is 0.150. The summed E-state index contributed by atoms with van der Waals surface area (Å²) in [5, 5.41) is 5.10. The number of hydrogen-bond donors (Lipinski definition) is 2. The Labute approximate surface area is 169 Å².